The number of hydrogen-bond donors (Lipinski definition) is 1. The van der Waals surface area contributed by atoms with E-state index in [2.05, 4.69) is 15.1 Å². The van der Waals surface area contributed by atoms with E-state index in [-0.39, 0.29) is 5.91 Å². The maximum atomic E-state index is 12.9. The molecule has 6 nitrogen and oxygen atoms in total. The number of hydrogen-bond acceptors (Lipinski definition) is 4. The molecule has 0 unspecified atom stereocenters. The second-order valence-electron chi connectivity index (χ2n) is 6.66. The molecule has 0 saturated carbocycles. The fourth-order valence-corrected chi connectivity index (χ4v) is 3.56. The number of aromatic nitrogens is 2. The number of aromatic amines is 1. The third-order valence-corrected chi connectivity index (χ3v) is 5.15. The third-order valence-electron chi connectivity index (χ3n) is 4.91. The molecule has 0 atom stereocenters. The largest absolute Gasteiger partial charge is 0.497 e. The summed E-state index contributed by atoms with van der Waals surface area (Å²) >= 11 is 6.08. The normalized spacial score (nSPS) is 14.2. The van der Waals surface area contributed by atoms with Crippen LogP contribution in [0.2, 0.25) is 5.02 Å². The van der Waals surface area contributed by atoms with Gasteiger partial charge in [0.15, 0.2) is 0 Å². The minimum absolute atomic E-state index is 0.0348. The summed E-state index contributed by atoms with van der Waals surface area (Å²) in [7, 11) is 1.63. The number of H-pyrrole nitrogens is 1. The van der Waals surface area contributed by atoms with Crippen molar-refractivity contribution in [1.29, 1.82) is 0 Å². The lowest BCUT2D eigenvalue weighted by atomic mass is 10.1. The Balaban J connectivity index is 1.42. The monoisotopic (exact) mass is 396 g/mol. The Morgan fingerprint density at radius 3 is 2.61 bits per heavy atom. The van der Waals surface area contributed by atoms with Crippen LogP contribution in [0.15, 0.2) is 54.6 Å². The summed E-state index contributed by atoms with van der Waals surface area (Å²) in [5.41, 5.74) is 3.20. The number of ether oxygens (including phenoxy) is 1. The quantitative estimate of drug-likeness (QED) is 0.730. The van der Waals surface area contributed by atoms with Crippen molar-refractivity contribution in [2.24, 2.45) is 0 Å². The van der Waals surface area contributed by atoms with Crippen LogP contribution in [-0.2, 0) is 0 Å². The van der Waals surface area contributed by atoms with E-state index in [1.165, 1.54) is 0 Å². The average Bonchev–Trinajstić information content (AvgIpc) is 3.24. The highest BCUT2D eigenvalue weighted by Crippen LogP contribution is 2.24. The van der Waals surface area contributed by atoms with Crippen LogP contribution in [0.5, 0.6) is 5.75 Å². The number of anilines is 1. The summed E-state index contributed by atoms with van der Waals surface area (Å²) in [5.74, 6) is 0.720. The Kier molecular flexibility index (Phi) is 5.21. The molecule has 0 radical (unpaired) electrons. The number of methoxy groups -OCH3 is 1. The number of carbonyl (C=O) groups excluding carboxylic acids is 1. The van der Waals surface area contributed by atoms with Crippen molar-refractivity contribution in [3.63, 3.8) is 0 Å². The molecule has 1 aromatic heterocycles. The van der Waals surface area contributed by atoms with E-state index in [4.69, 9.17) is 16.3 Å². The molecule has 7 heteroatoms. The Morgan fingerprint density at radius 1 is 1.07 bits per heavy atom. The Morgan fingerprint density at radius 2 is 1.86 bits per heavy atom. The highest BCUT2D eigenvalue weighted by molar-refractivity contribution is 6.30. The third kappa shape index (κ3) is 3.82. The average molecular weight is 397 g/mol. The fraction of sp³-hybridized carbons (Fsp3) is 0.238. The lowest BCUT2D eigenvalue weighted by Crippen LogP contribution is -2.48. The highest BCUT2D eigenvalue weighted by atomic mass is 35.5. The SMILES string of the molecule is COc1cccc(-c2cc(C(=O)N3CCN(c4cccc(Cl)c4)CC3)[nH]n2)c1. The molecule has 4 rings (SSSR count). The number of halogens is 1. The first kappa shape index (κ1) is 18.4. The van der Waals surface area contributed by atoms with E-state index in [1.54, 1.807) is 13.2 Å². The number of benzene rings is 2. The first-order valence-electron chi connectivity index (χ1n) is 9.13. The van der Waals surface area contributed by atoms with Gasteiger partial charge in [-0.05, 0) is 36.4 Å². The van der Waals surface area contributed by atoms with Crippen molar-refractivity contribution in [3.8, 4) is 17.0 Å². The molecule has 0 spiro atoms. The Hall–Kier alpha value is -2.99. The molecule has 2 heterocycles. The Bertz CT molecular complexity index is 980. The van der Waals surface area contributed by atoms with Gasteiger partial charge in [0.1, 0.15) is 11.4 Å². The van der Waals surface area contributed by atoms with Crippen LogP contribution in [0, 0.1) is 0 Å². The van der Waals surface area contributed by atoms with Crippen LogP contribution >= 0.6 is 11.6 Å². The summed E-state index contributed by atoms with van der Waals surface area (Å²) in [6.07, 6.45) is 0. The van der Waals surface area contributed by atoms with Crippen LogP contribution in [0.3, 0.4) is 0 Å². The van der Waals surface area contributed by atoms with Gasteiger partial charge in [0, 0.05) is 42.5 Å². The zero-order valence-electron chi connectivity index (χ0n) is 15.6. The molecular weight excluding hydrogens is 376 g/mol. The van der Waals surface area contributed by atoms with Gasteiger partial charge in [-0.1, -0.05) is 29.8 Å². The molecule has 1 N–H and O–H groups in total. The van der Waals surface area contributed by atoms with Crippen molar-refractivity contribution in [1.82, 2.24) is 15.1 Å². The molecule has 1 amide bonds. The van der Waals surface area contributed by atoms with Gasteiger partial charge in [-0.25, -0.2) is 0 Å². The maximum Gasteiger partial charge on any atom is 0.272 e. The van der Waals surface area contributed by atoms with Crippen molar-refractivity contribution in [2.45, 2.75) is 0 Å². The van der Waals surface area contributed by atoms with Gasteiger partial charge < -0.3 is 14.5 Å². The van der Waals surface area contributed by atoms with Gasteiger partial charge in [0.2, 0.25) is 0 Å². The summed E-state index contributed by atoms with van der Waals surface area (Å²) in [4.78, 5) is 16.9. The van der Waals surface area contributed by atoms with Gasteiger partial charge >= 0.3 is 0 Å². The van der Waals surface area contributed by atoms with E-state index in [1.807, 2.05) is 53.4 Å². The molecule has 28 heavy (non-hydrogen) atoms. The van der Waals surface area contributed by atoms with Gasteiger partial charge in [0.25, 0.3) is 5.91 Å². The summed E-state index contributed by atoms with van der Waals surface area (Å²) in [6.45, 7) is 2.84. The molecule has 0 aliphatic carbocycles. The van der Waals surface area contributed by atoms with Crippen LogP contribution < -0.4 is 9.64 Å². The molecule has 3 aromatic rings. The first-order chi connectivity index (χ1) is 13.6. The lowest BCUT2D eigenvalue weighted by Gasteiger charge is -2.36. The Labute approximate surface area is 168 Å². The number of amides is 1. The number of rotatable bonds is 4. The fourth-order valence-electron chi connectivity index (χ4n) is 3.37. The van der Waals surface area contributed by atoms with Crippen molar-refractivity contribution < 1.29 is 9.53 Å². The van der Waals surface area contributed by atoms with E-state index >= 15 is 0 Å². The number of nitrogens with zero attached hydrogens (tertiary/aromatic N) is 3. The number of piperazine rings is 1. The molecule has 2 aromatic carbocycles. The zero-order chi connectivity index (χ0) is 19.5. The summed E-state index contributed by atoms with van der Waals surface area (Å²) in [6, 6.07) is 17.2. The summed E-state index contributed by atoms with van der Waals surface area (Å²) in [5, 5.41) is 7.89. The number of carbonyl (C=O) groups is 1. The molecule has 1 aliphatic rings. The van der Waals surface area contributed by atoms with Gasteiger partial charge in [-0.15, -0.1) is 0 Å². The van der Waals surface area contributed by atoms with E-state index in [0.29, 0.717) is 18.8 Å². The van der Waals surface area contributed by atoms with Crippen LogP contribution in [0.4, 0.5) is 5.69 Å². The highest BCUT2D eigenvalue weighted by Gasteiger charge is 2.24. The zero-order valence-corrected chi connectivity index (χ0v) is 16.3. The van der Waals surface area contributed by atoms with Crippen LogP contribution in [0.25, 0.3) is 11.3 Å². The second kappa shape index (κ2) is 7.94. The van der Waals surface area contributed by atoms with Gasteiger partial charge in [0.05, 0.1) is 12.8 Å². The van der Waals surface area contributed by atoms with Crippen molar-refractivity contribution in [3.05, 3.63) is 65.3 Å². The predicted octanol–water partition coefficient (Wildman–Crippen LogP) is 3.70. The van der Waals surface area contributed by atoms with Crippen molar-refractivity contribution in [2.75, 3.05) is 38.2 Å². The predicted molar refractivity (Wildman–Crippen MR) is 110 cm³/mol. The molecule has 1 aliphatic heterocycles. The minimum Gasteiger partial charge on any atom is -0.497 e. The minimum atomic E-state index is -0.0348. The molecule has 144 valence electrons. The van der Waals surface area contributed by atoms with Gasteiger partial charge in [-0.3, -0.25) is 9.89 Å². The number of nitrogens with one attached hydrogen (secondary N) is 1. The first-order valence-corrected chi connectivity index (χ1v) is 9.51. The van der Waals surface area contributed by atoms with Crippen LogP contribution in [0.1, 0.15) is 10.5 Å². The smallest absolute Gasteiger partial charge is 0.272 e. The standard InChI is InChI=1S/C21H21ClN4O2/c1-28-18-7-2-4-15(12-18)19-14-20(24-23-19)21(27)26-10-8-25(9-11-26)17-6-3-5-16(22)13-17/h2-7,12-14H,8-11H2,1H3,(H,23,24). The topological polar surface area (TPSA) is 61.5 Å². The van der Waals surface area contributed by atoms with Crippen LogP contribution in [-0.4, -0.2) is 54.3 Å². The van der Waals surface area contributed by atoms with Crippen molar-refractivity contribution >= 4 is 23.2 Å². The van der Waals surface area contributed by atoms with E-state index < -0.39 is 0 Å². The summed E-state index contributed by atoms with van der Waals surface area (Å²) < 4.78 is 5.25. The van der Waals surface area contributed by atoms with Gasteiger partial charge in [-0.2, -0.15) is 5.10 Å². The lowest BCUT2D eigenvalue weighted by molar-refractivity contribution is 0.0741. The maximum absolute atomic E-state index is 12.9. The molecule has 0 bridgehead atoms. The molecular formula is C21H21ClN4O2. The molecule has 1 fully saturated rings. The second-order valence-corrected chi connectivity index (χ2v) is 7.09. The molecule has 1 saturated heterocycles. The van der Waals surface area contributed by atoms with E-state index in [0.717, 1.165) is 40.8 Å². The van der Waals surface area contributed by atoms with E-state index in [9.17, 15) is 4.79 Å².